The summed E-state index contributed by atoms with van der Waals surface area (Å²) in [5.74, 6) is 0.504. The first-order chi connectivity index (χ1) is 8.54. The van der Waals surface area contributed by atoms with Crippen molar-refractivity contribution in [1.82, 2.24) is 0 Å². The summed E-state index contributed by atoms with van der Waals surface area (Å²) in [5, 5.41) is 0.676. The van der Waals surface area contributed by atoms with E-state index in [1.165, 1.54) is 0 Å². The summed E-state index contributed by atoms with van der Waals surface area (Å²) in [4.78, 5) is 11.5. The van der Waals surface area contributed by atoms with Crippen molar-refractivity contribution in [3.8, 4) is 5.75 Å². The third-order valence-corrected chi connectivity index (χ3v) is 3.09. The van der Waals surface area contributed by atoms with Crippen LogP contribution in [0.2, 0.25) is 5.02 Å². The summed E-state index contributed by atoms with van der Waals surface area (Å²) < 4.78 is 10.6. The molecule has 18 heavy (non-hydrogen) atoms. The van der Waals surface area contributed by atoms with Crippen molar-refractivity contribution < 1.29 is 14.3 Å². The fourth-order valence-electron chi connectivity index (χ4n) is 1.41. The van der Waals surface area contributed by atoms with Crippen LogP contribution in [0.5, 0.6) is 5.75 Å². The molecule has 0 N–H and O–H groups in total. The zero-order valence-electron chi connectivity index (χ0n) is 11.0. The molecule has 0 aromatic heterocycles. The highest BCUT2D eigenvalue weighted by Crippen LogP contribution is 2.18. The van der Waals surface area contributed by atoms with Gasteiger partial charge in [0, 0.05) is 10.9 Å². The molecule has 4 heteroatoms. The lowest BCUT2D eigenvalue weighted by Crippen LogP contribution is -2.25. The second kappa shape index (κ2) is 7.27. The molecule has 0 fully saturated rings. The highest BCUT2D eigenvalue weighted by molar-refractivity contribution is 6.30. The molecule has 0 aliphatic rings. The van der Waals surface area contributed by atoms with Gasteiger partial charge in [0.2, 0.25) is 0 Å². The van der Waals surface area contributed by atoms with Crippen molar-refractivity contribution in [3.63, 3.8) is 0 Å². The van der Waals surface area contributed by atoms with Crippen LogP contribution in [-0.4, -0.2) is 19.2 Å². The molecular formula is C14H19ClO3. The Bertz CT molecular complexity index is 375. The van der Waals surface area contributed by atoms with E-state index in [0.717, 1.165) is 5.75 Å². The zero-order chi connectivity index (χ0) is 13.5. The number of carbonyl (C=O) groups is 1. The molecular weight excluding hydrogens is 252 g/mol. The van der Waals surface area contributed by atoms with Crippen molar-refractivity contribution in [2.24, 2.45) is 11.8 Å². The fourth-order valence-corrected chi connectivity index (χ4v) is 1.53. The van der Waals surface area contributed by atoms with E-state index in [4.69, 9.17) is 21.1 Å². The smallest absolute Gasteiger partial charge is 0.309 e. The minimum Gasteiger partial charge on any atom is -0.493 e. The van der Waals surface area contributed by atoms with E-state index in [-0.39, 0.29) is 17.8 Å². The average Bonchev–Trinajstić information content (AvgIpc) is 2.37. The topological polar surface area (TPSA) is 35.5 Å². The second-order valence-electron chi connectivity index (χ2n) is 4.28. The van der Waals surface area contributed by atoms with Gasteiger partial charge in [0.15, 0.2) is 0 Å². The van der Waals surface area contributed by atoms with Crippen LogP contribution < -0.4 is 4.74 Å². The van der Waals surface area contributed by atoms with Crippen LogP contribution in [0.15, 0.2) is 24.3 Å². The highest BCUT2D eigenvalue weighted by Gasteiger charge is 2.21. The summed E-state index contributed by atoms with van der Waals surface area (Å²) in [6.45, 7) is 6.51. The molecule has 2 atom stereocenters. The molecule has 0 amide bonds. The Balaban J connectivity index is 2.42. The Morgan fingerprint density at radius 2 is 1.89 bits per heavy atom. The van der Waals surface area contributed by atoms with Gasteiger partial charge in [-0.25, -0.2) is 0 Å². The van der Waals surface area contributed by atoms with Gasteiger partial charge in [0.1, 0.15) is 5.75 Å². The van der Waals surface area contributed by atoms with E-state index in [1.54, 1.807) is 19.1 Å². The maximum absolute atomic E-state index is 11.5. The Labute approximate surface area is 113 Å². The van der Waals surface area contributed by atoms with Crippen LogP contribution >= 0.6 is 11.6 Å². The molecule has 2 unspecified atom stereocenters. The lowest BCUT2D eigenvalue weighted by molar-refractivity contribution is -0.149. The number of benzene rings is 1. The lowest BCUT2D eigenvalue weighted by Gasteiger charge is -2.18. The second-order valence-corrected chi connectivity index (χ2v) is 4.72. The SMILES string of the molecule is CCOC(=O)C(C)C(C)COc1ccc(Cl)cc1. The van der Waals surface area contributed by atoms with Gasteiger partial charge in [-0.05, 0) is 31.2 Å². The van der Waals surface area contributed by atoms with Gasteiger partial charge in [-0.15, -0.1) is 0 Å². The maximum atomic E-state index is 11.5. The van der Waals surface area contributed by atoms with Crippen molar-refractivity contribution >= 4 is 17.6 Å². The third kappa shape index (κ3) is 4.57. The Kier molecular flexibility index (Phi) is 5.99. The van der Waals surface area contributed by atoms with Gasteiger partial charge in [0.05, 0.1) is 19.1 Å². The van der Waals surface area contributed by atoms with Crippen molar-refractivity contribution in [2.75, 3.05) is 13.2 Å². The first kappa shape index (κ1) is 14.8. The van der Waals surface area contributed by atoms with Crippen molar-refractivity contribution in [1.29, 1.82) is 0 Å². The predicted molar refractivity (Wildman–Crippen MR) is 71.9 cm³/mol. The molecule has 1 aromatic carbocycles. The zero-order valence-corrected chi connectivity index (χ0v) is 11.7. The van der Waals surface area contributed by atoms with E-state index in [2.05, 4.69) is 0 Å². The minimum atomic E-state index is -0.176. The van der Waals surface area contributed by atoms with E-state index in [0.29, 0.717) is 18.2 Å². The van der Waals surface area contributed by atoms with Gasteiger partial charge in [-0.2, -0.15) is 0 Å². The normalized spacial score (nSPS) is 13.8. The Morgan fingerprint density at radius 3 is 2.44 bits per heavy atom. The maximum Gasteiger partial charge on any atom is 0.309 e. The summed E-state index contributed by atoms with van der Waals surface area (Å²) in [7, 11) is 0. The molecule has 0 saturated heterocycles. The van der Waals surface area contributed by atoms with Gasteiger partial charge < -0.3 is 9.47 Å². The summed E-state index contributed by atoms with van der Waals surface area (Å²) in [5.41, 5.74) is 0. The lowest BCUT2D eigenvalue weighted by atomic mass is 9.97. The van der Waals surface area contributed by atoms with Crippen LogP contribution in [0.4, 0.5) is 0 Å². The largest absolute Gasteiger partial charge is 0.493 e. The van der Waals surface area contributed by atoms with Gasteiger partial charge in [-0.3, -0.25) is 4.79 Å². The van der Waals surface area contributed by atoms with Crippen molar-refractivity contribution in [2.45, 2.75) is 20.8 Å². The molecule has 0 aliphatic carbocycles. The molecule has 1 rings (SSSR count). The average molecular weight is 271 g/mol. The van der Waals surface area contributed by atoms with Crippen LogP contribution in [0.1, 0.15) is 20.8 Å². The number of halogens is 1. The van der Waals surface area contributed by atoms with Crippen molar-refractivity contribution in [3.05, 3.63) is 29.3 Å². The first-order valence-corrected chi connectivity index (χ1v) is 6.47. The van der Waals surface area contributed by atoms with Crippen LogP contribution in [0.25, 0.3) is 0 Å². The number of hydrogen-bond donors (Lipinski definition) is 0. The highest BCUT2D eigenvalue weighted by atomic mass is 35.5. The molecule has 1 aromatic rings. The molecule has 0 heterocycles. The predicted octanol–water partition coefficient (Wildman–Crippen LogP) is 3.55. The molecule has 100 valence electrons. The number of ether oxygens (including phenoxy) is 2. The Morgan fingerprint density at radius 1 is 1.28 bits per heavy atom. The third-order valence-electron chi connectivity index (χ3n) is 2.84. The molecule has 3 nitrogen and oxygen atoms in total. The first-order valence-electron chi connectivity index (χ1n) is 6.09. The van der Waals surface area contributed by atoms with E-state index in [9.17, 15) is 4.79 Å². The summed E-state index contributed by atoms with van der Waals surface area (Å²) >= 11 is 5.78. The van der Waals surface area contributed by atoms with Crippen LogP contribution in [0, 0.1) is 11.8 Å². The molecule has 0 radical (unpaired) electrons. The molecule has 0 aliphatic heterocycles. The molecule has 0 bridgehead atoms. The molecule has 0 saturated carbocycles. The summed E-state index contributed by atoms with van der Waals surface area (Å²) in [6.07, 6.45) is 0. The number of rotatable bonds is 6. The van der Waals surface area contributed by atoms with Gasteiger partial charge in [0.25, 0.3) is 0 Å². The van der Waals surface area contributed by atoms with Gasteiger partial charge in [-0.1, -0.05) is 25.4 Å². The van der Waals surface area contributed by atoms with Crippen LogP contribution in [-0.2, 0) is 9.53 Å². The number of carbonyl (C=O) groups excluding carboxylic acids is 1. The standard InChI is InChI=1S/C14H19ClO3/c1-4-17-14(16)11(3)10(2)9-18-13-7-5-12(15)6-8-13/h5-8,10-11H,4,9H2,1-3H3. The molecule has 0 spiro atoms. The quantitative estimate of drug-likeness (QED) is 0.742. The summed E-state index contributed by atoms with van der Waals surface area (Å²) in [6, 6.07) is 7.17. The van der Waals surface area contributed by atoms with E-state index >= 15 is 0 Å². The minimum absolute atomic E-state index is 0.0970. The Hall–Kier alpha value is -1.22. The fraction of sp³-hybridized carbons (Fsp3) is 0.500. The monoisotopic (exact) mass is 270 g/mol. The van der Waals surface area contributed by atoms with E-state index in [1.807, 2.05) is 26.0 Å². The van der Waals surface area contributed by atoms with Crippen LogP contribution in [0.3, 0.4) is 0 Å². The number of hydrogen-bond acceptors (Lipinski definition) is 3. The number of esters is 1. The van der Waals surface area contributed by atoms with E-state index < -0.39 is 0 Å². The van der Waals surface area contributed by atoms with Gasteiger partial charge >= 0.3 is 5.97 Å².